The lowest BCUT2D eigenvalue weighted by atomic mass is 9.81. The standard InChI is InChI=1S/C28H53N7O11/c29-6-16-20(38)21(39)18(34)27(42-16)45-24-17(9-36)43-28(22(24)40)46-25-19(37)14(32)5-15(33)23(25)44-26-13(31)2-1-12(41-26)8-35-7-10-3-11(30)4-10/h1,10-11,13-28,35-40H,2-9,29-34H2/t10?,11?,13-,14-,15+,16+,17-,18-,19+,20-,21-,22-,23-,24-,25-,26-,27-,28+/m1/s1. The van der Waals surface area contributed by atoms with Crippen LogP contribution in [0.2, 0.25) is 0 Å². The second kappa shape index (κ2) is 15.6. The van der Waals surface area contributed by atoms with Crippen LogP contribution in [0.4, 0.5) is 0 Å². The summed E-state index contributed by atoms with van der Waals surface area (Å²) in [6.45, 7) is 0.564. The largest absolute Gasteiger partial charge is 0.467 e. The molecule has 0 bridgehead atoms. The van der Waals surface area contributed by atoms with Crippen LogP contribution in [0.25, 0.3) is 0 Å². The summed E-state index contributed by atoms with van der Waals surface area (Å²) in [6, 6.07) is -2.96. The lowest BCUT2D eigenvalue weighted by Crippen LogP contribution is -2.65. The molecule has 0 aromatic carbocycles. The van der Waals surface area contributed by atoms with Crippen LogP contribution in [0.5, 0.6) is 0 Å². The molecule has 46 heavy (non-hydrogen) atoms. The van der Waals surface area contributed by atoms with Crippen molar-refractivity contribution in [3.63, 3.8) is 0 Å². The van der Waals surface area contributed by atoms with Gasteiger partial charge in [0.1, 0.15) is 54.6 Å². The van der Waals surface area contributed by atoms with Gasteiger partial charge in [-0.2, -0.15) is 0 Å². The molecule has 2 saturated heterocycles. The van der Waals surface area contributed by atoms with Gasteiger partial charge < -0.3 is 93.7 Å². The Morgan fingerprint density at radius 2 is 1.41 bits per heavy atom. The van der Waals surface area contributed by atoms with Gasteiger partial charge in [-0.15, -0.1) is 0 Å². The van der Waals surface area contributed by atoms with Gasteiger partial charge in [0, 0.05) is 24.7 Å². The Labute approximate surface area is 267 Å². The third-order valence-electron chi connectivity index (χ3n) is 9.63. The zero-order chi connectivity index (χ0) is 33.3. The number of aliphatic hydroxyl groups is 5. The van der Waals surface area contributed by atoms with Gasteiger partial charge in [-0.3, -0.25) is 0 Å². The van der Waals surface area contributed by atoms with Crippen LogP contribution >= 0.6 is 0 Å². The van der Waals surface area contributed by atoms with Crippen LogP contribution in [-0.2, 0) is 28.4 Å². The first-order valence-corrected chi connectivity index (χ1v) is 16.1. The van der Waals surface area contributed by atoms with Gasteiger partial charge in [-0.25, -0.2) is 0 Å². The van der Waals surface area contributed by atoms with Crippen LogP contribution in [0.1, 0.15) is 25.7 Å². The molecule has 16 atom stereocenters. The normalized spacial score (nSPS) is 49.7. The highest BCUT2D eigenvalue weighted by Gasteiger charge is 2.53. The van der Waals surface area contributed by atoms with Crippen LogP contribution in [-0.4, -0.2) is 156 Å². The number of hydrogen-bond donors (Lipinski definition) is 12. The average Bonchev–Trinajstić information content (AvgIpc) is 3.31. The van der Waals surface area contributed by atoms with Crippen molar-refractivity contribution in [2.24, 2.45) is 40.3 Å². The SMILES string of the molecule is NC[C@@H]1O[C@H](O[C@H]2[C@@H](O)[C@H](O[C@@H]3[C@@H](O)[C@H](N)C[C@H](N)[C@H]3O[C@H]3OC(CNCC4CC(N)C4)=CC[C@H]3N)O[C@@H]2CO)[C@H](N)[C@@H](O)[C@@H]1O. The van der Waals surface area contributed by atoms with E-state index in [-0.39, 0.29) is 19.0 Å². The summed E-state index contributed by atoms with van der Waals surface area (Å²) in [6.07, 6.45) is -10.2. The summed E-state index contributed by atoms with van der Waals surface area (Å²) < 4.78 is 35.7. The molecule has 18 N–H and O–H groups in total. The van der Waals surface area contributed by atoms with Crippen molar-refractivity contribution in [1.82, 2.24) is 5.32 Å². The molecule has 0 aromatic heterocycles. The molecule has 0 radical (unpaired) electrons. The fraction of sp³-hybridized carbons (Fsp3) is 0.929. The first-order valence-electron chi connectivity index (χ1n) is 16.1. The second-order valence-corrected chi connectivity index (χ2v) is 13.2. The summed E-state index contributed by atoms with van der Waals surface area (Å²) in [5.41, 5.74) is 36.5. The van der Waals surface area contributed by atoms with Crippen molar-refractivity contribution < 1.29 is 54.0 Å². The van der Waals surface area contributed by atoms with Crippen molar-refractivity contribution >= 4 is 0 Å². The maximum atomic E-state index is 11.2. The lowest BCUT2D eigenvalue weighted by molar-refractivity contribution is -0.282. The second-order valence-electron chi connectivity index (χ2n) is 13.2. The topological polar surface area (TPSA) is 325 Å². The van der Waals surface area contributed by atoms with Crippen LogP contribution in [0, 0.1) is 5.92 Å². The Bertz CT molecular complexity index is 1010. The number of rotatable bonds is 12. The van der Waals surface area contributed by atoms with E-state index in [4.69, 9.17) is 62.8 Å². The van der Waals surface area contributed by atoms with E-state index in [1.165, 1.54) is 0 Å². The van der Waals surface area contributed by atoms with E-state index in [9.17, 15) is 25.5 Å². The number of nitrogens with two attached hydrogens (primary N) is 6. The monoisotopic (exact) mass is 663 g/mol. The molecule has 3 aliphatic heterocycles. The van der Waals surface area contributed by atoms with Crippen LogP contribution in [0.3, 0.4) is 0 Å². The van der Waals surface area contributed by atoms with Gasteiger partial charge in [-0.1, -0.05) is 0 Å². The van der Waals surface area contributed by atoms with Crippen LogP contribution in [0.15, 0.2) is 11.8 Å². The number of nitrogens with one attached hydrogen (secondary N) is 1. The maximum absolute atomic E-state index is 11.2. The minimum Gasteiger partial charge on any atom is -0.467 e. The predicted molar refractivity (Wildman–Crippen MR) is 160 cm³/mol. The molecule has 5 aliphatic rings. The molecular weight excluding hydrogens is 610 g/mol. The van der Waals surface area contributed by atoms with E-state index in [1.807, 2.05) is 6.08 Å². The third-order valence-corrected chi connectivity index (χ3v) is 9.63. The molecule has 5 rings (SSSR count). The Morgan fingerprint density at radius 3 is 2.09 bits per heavy atom. The molecule has 0 spiro atoms. The molecule has 3 heterocycles. The molecule has 18 nitrogen and oxygen atoms in total. The highest BCUT2D eigenvalue weighted by atomic mass is 16.8. The van der Waals surface area contributed by atoms with Gasteiger partial charge in [0.2, 0.25) is 6.29 Å². The first kappa shape index (κ1) is 36.1. The lowest BCUT2D eigenvalue weighted by Gasteiger charge is -2.45. The minimum atomic E-state index is -1.53. The average molecular weight is 664 g/mol. The highest BCUT2D eigenvalue weighted by Crippen LogP contribution is 2.34. The highest BCUT2D eigenvalue weighted by molar-refractivity contribution is 5.05. The van der Waals surface area contributed by atoms with Crippen molar-refractivity contribution in [3.8, 4) is 0 Å². The molecule has 2 aliphatic carbocycles. The molecular formula is C28H53N7O11. The van der Waals surface area contributed by atoms with Crippen LogP contribution < -0.4 is 39.7 Å². The Hall–Kier alpha value is -1.14. The summed E-state index contributed by atoms with van der Waals surface area (Å²) in [5.74, 6) is 1.20. The number of aliphatic hydroxyl groups excluding tert-OH is 5. The van der Waals surface area contributed by atoms with Crippen molar-refractivity contribution in [2.45, 2.75) is 130 Å². The summed E-state index contributed by atoms with van der Waals surface area (Å²) >= 11 is 0. The van der Waals surface area contributed by atoms with E-state index in [0.717, 1.165) is 19.4 Å². The smallest absolute Gasteiger partial charge is 0.215 e. The fourth-order valence-electron chi connectivity index (χ4n) is 6.73. The Balaban J connectivity index is 1.23. The molecule has 4 fully saturated rings. The van der Waals surface area contributed by atoms with Gasteiger partial charge in [-0.05, 0) is 44.2 Å². The molecule has 266 valence electrons. The quantitative estimate of drug-likeness (QED) is 0.0923. The Morgan fingerprint density at radius 1 is 0.739 bits per heavy atom. The molecule has 0 unspecified atom stereocenters. The van der Waals surface area contributed by atoms with E-state index >= 15 is 0 Å². The fourth-order valence-corrected chi connectivity index (χ4v) is 6.73. The summed E-state index contributed by atoms with van der Waals surface area (Å²) in [7, 11) is 0. The zero-order valence-electron chi connectivity index (χ0n) is 25.8. The van der Waals surface area contributed by atoms with Crippen molar-refractivity contribution in [2.75, 3.05) is 26.2 Å². The minimum absolute atomic E-state index is 0.136. The van der Waals surface area contributed by atoms with E-state index in [2.05, 4.69) is 5.32 Å². The van der Waals surface area contributed by atoms with Gasteiger partial charge in [0.15, 0.2) is 12.6 Å². The predicted octanol–water partition coefficient (Wildman–Crippen LogP) is -6.34. The molecule has 2 saturated carbocycles. The number of hydrogen-bond acceptors (Lipinski definition) is 18. The summed E-state index contributed by atoms with van der Waals surface area (Å²) in [4.78, 5) is 0. The first-order chi connectivity index (χ1) is 21.9. The van der Waals surface area contributed by atoms with E-state index in [0.29, 0.717) is 24.6 Å². The molecule has 0 amide bonds. The Kier molecular flexibility index (Phi) is 12.3. The third kappa shape index (κ3) is 7.84. The molecule has 18 heteroatoms. The van der Waals surface area contributed by atoms with Crippen molar-refractivity contribution in [1.29, 1.82) is 0 Å². The summed E-state index contributed by atoms with van der Waals surface area (Å²) in [5, 5.41) is 56.3. The van der Waals surface area contributed by atoms with E-state index < -0.39 is 105 Å². The maximum Gasteiger partial charge on any atom is 0.215 e. The van der Waals surface area contributed by atoms with Gasteiger partial charge in [0.05, 0.1) is 31.3 Å². The zero-order valence-corrected chi connectivity index (χ0v) is 25.8. The molecule has 0 aromatic rings. The van der Waals surface area contributed by atoms with Gasteiger partial charge in [0.25, 0.3) is 0 Å². The van der Waals surface area contributed by atoms with Gasteiger partial charge >= 0.3 is 0 Å². The van der Waals surface area contributed by atoms with E-state index in [1.54, 1.807) is 0 Å². The van der Waals surface area contributed by atoms with Crippen molar-refractivity contribution in [3.05, 3.63) is 11.8 Å². The number of ether oxygens (including phenoxy) is 6.